The molecule has 0 aromatic heterocycles. The van der Waals surface area contributed by atoms with Crippen LogP contribution in [0, 0.1) is 11.8 Å². The molecule has 16 heavy (non-hydrogen) atoms. The summed E-state index contributed by atoms with van der Waals surface area (Å²) in [5.74, 6) is 1.44. The third-order valence-electron chi connectivity index (χ3n) is 1.22. The zero-order chi connectivity index (χ0) is 12.9. The van der Waals surface area contributed by atoms with E-state index in [0.717, 1.165) is 25.4 Å². The van der Waals surface area contributed by atoms with Gasteiger partial charge in [0.15, 0.2) is 0 Å². The van der Waals surface area contributed by atoms with Crippen molar-refractivity contribution >= 4 is 0 Å². The van der Waals surface area contributed by atoms with Crippen molar-refractivity contribution < 1.29 is 0 Å². The second-order valence-corrected chi connectivity index (χ2v) is 4.84. The highest BCUT2D eigenvalue weighted by atomic mass is 14.6. The van der Waals surface area contributed by atoms with Crippen molar-refractivity contribution in [3.05, 3.63) is 0 Å². The lowest BCUT2D eigenvalue weighted by atomic mass is 10.1. The van der Waals surface area contributed by atoms with E-state index in [1.165, 1.54) is 0 Å². The third kappa shape index (κ3) is 96.7. The van der Waals surface area contributed by atoms with Crippen LogP contribution in [-0.2, 0) is 0 Å². The van der Waals surface area contributed by atoms with Gasteiger partial charge in [0.1, 0.15) is 0 Å². The molecule has 3 nitrogen and oxygen atoms in total. The van der Waals surface area contributed by atoms with E-state index in [2.05, 4.69) is 27.7 Å². The summed E-state index contributed by atoms with van der Waals surface area (Å²) in [4.78, 5) is 0. The van der Waals surface area contributed by atoms with Gasteiger partial charge in [-0.25, -0.2) is 0 Å². The molecule has 0 amide bonds. The van der Waals surface area contributed by atoms with E-state index in [9.17, 15) is 0 Å². The molecule has 0 bridgehead atoms. The molecule has 0 unspecified atom stereocenters. The van der Waals surface area contributed by atoms with Crippen LogP contribution >= 0.6 is 0 Å². The van der Waals surface area contributed by atoms with Crippen molar-refractivity contribution in [2.24, 2.45) is 29.0 Å². The lowest BCUT2D eigenvalue weighted by Crippen LogP contribution is -2.06. The quantitative estimate of drug-likeness (QED) is 0.703. The second-order valence-electron chi connectivity index (χ2n) is 4.84. The molecule has 0 spiro atoms. The smallest absolute Gasteiger partial charge is 0.00179 e. The Labute approximate surface area is 104 Å². The van der Waals surface area contributed by atoms with Crippen LogP contribution in [0.15, 0.2) is 0 Å². The lowest BCUT2D eigenvalue weighted by Gasteiger charge is -1.96. The van der Waals surface area contributed by atoms with Gasteiger partial charge in [-0.15, -0.1) is 0 Å². The van der Waals surface area contributed by atoms with Crippen LogP contribution in [0.4, 0.5) is 0 Å². The first-order valence-corrected chi connectivity index (χ1v) is 5.93. The summed E-state index contributed by atoms with van der Waals surface area (Å²) in [5.41, 5.74) is 15.5. The van der Waals surface area contributed by atoms with Crippen LogP contribution < -0.4 is 17.2 Å². The predicted molar refractivity (Wildman–Crippen MR) is 78.5 cm³/mol. The summed E-state index contributed by atoms with van der Waals surface area (Å²) in [6.45, 7) is 14.1. The molecule has 0 aliphatic rings. The maximum absolute atomic E-state index is 5.23. The summed E-state index contributed by atoms with van der Waals surface area (Å²) >= 11 is 0. The molecule has 0 aliphatic heterocycles. The Hall–Kier alpha value is -0.120. The van der Waals surface area contributed by atoms with Gasteiger partial charge in [0.2, 0.25) is 0 Å². The van der Waals surface area contributed by atoms with Crippen LogP contribution in [0.25, 0.3) is 0 Å². The Balaban J connectivity index is -0.0000000668. The van der Waals surface area contributed by atoms with Crippen LogP contribution in [0.2, 0.25) is 0 Å². The largest absolute Gasteiger partial charge is 0.330 e. The molecule has 0 fully saturated rings. The summed E-state index contributed by atoms with van der Waals surface area (Å²) in [6, 6.07) is 0.333. The second kappa shape index (κ2) is 20.3. The standard InChI is InChI=1S/C5H13N.C4H11N.C3H9N.CH4/c1-5(2)3-4-6;1-4(2)3-5;1-3(2)4;/h5H,3-4,6H2,1-2H3;4H,3,5H2,1-2H3;3H,4H2,1-2H3;1H4. The Morgan fingerprint density at radius 2 is 1.06 bits per heavy atom. The van der Waals surface area contributed by atoms with Gasteiger partial charge in [-0.1, -0.05) is 49.0 Å². The van der Waals surface area contributed by atoms with Crippen LogP contribution in [-0.4, -0.2) is 19.1 Å². The maximum Gasteiger partial charge on any atom is -0.00179 e. The summed E-state index contributed by atoms with van der Waals surface area (Å²) in [6.07, 6.45) is 1.15. The van der Waals surface area contributed by atoms with Gasteiger partial charge in [0.25, 0.3) is 0 Å². The van der Waals surface area contributed by atoms with Crippen molar-refractivity contribution in [1.82, 2.24) is 0 Å². The average Bonchev–Trinajstić information content (AvgIpc) is 2.03. The Morgan fingerprint density at radius 1 is 0.812 bits per heavy atom. The van der Waals surface area contributed by atoms with E-state index in [0.29, 0.717) is 12.0 Å². The fourth-order valence-corrected chi connectivity index (χ4v) is 0.333. The van der Waals surface area contributed by atoms with E-state index < -0.39 is 0 Å². The SMILES string of the molecule is C.CC(C)CCN.CC(C)CN.CC(C)N. The summed E-state index contributed by atoms with van der Waals surface area (Å²) < 4.78 is 0. The van der Waals surface area contributed by atoms with Crippen molar-refractivity contribution in [2.75, 3.05) is 13.1 Å². The Kier molecular flexibility index (Phi) is 31.6. The predicted octanol–water partition coefficient (Wildman–Crippen LogP) is 2.58. The zero-order valence-electron chi connectivity index (χ0n) is 11.6. The van der Waals surface area contributed by atoms with E-state index >= 15 is 0 Å². The minimum absolute atomic E-state index is 0. The summed E-state index contributed by atoms with van der Waals surface area (Å²) in [5, 5.41) is 0. The monoisotopic (exact) mass is 235 g/mol. The number of rotatable bonds is 3. The topological polar surface area (TPSA) is 78.1 Å². The van der Waals surface area contributed by atoms with E-state index in [-0.39, 0.29) is 7.43 Å². The molecule has 0 radical (unpaired) electrons. The van der Waals surface area contributed by atoms with Gasteiger partial charge in [0.05, 0.1) is 0 Å². The van der Waals surface area contributed by atoms with Crippen molar-refractivity contribution in [1.29, 1.82) is 0 Å². The van der Waals surface area contributed by atoms with E-state index in [1.54, 1.807) is 0 Å². The number of hydrogen-bond acceptors (Lipinski definition) is 3. The minimum Gasteiger partial charge on any atom is -0.330 e. The molecule has 0 saturated heterocycles. The third-order valence-corrected chi connectivity index (χ3v) is 1.22. The maximum atomic E-state index is 5.23. The minimum atomic E-state index is 0. The average molecular weight is 235 g/mol. The van der Waals surface area contributed by atoms with Gasteiger partial charge in [0, 0.05) is 0 Å². The highest BCUT2D eigenvalue weighted by molar-refractivity contribution is 4.42. The Bertz CT molecular complexity index is 88.4. The van der Waals surface area contributed by atoms with Crippen molar-refractivity contribution in [3.63, 3.8) is 0 Å². The van der Waals surface area contributed by atoms with Gasteiger partial charge >= 0.3 is 0 Å². The number of hydrogen-bond donors (Lipinski definition) is 3. The van der Waals surface area contributed by atoms with E-state index in [4.69, 9.17) is 17.2 Å². The van der Waals surface area contributed by atoms with Crippen LogP contribution in [0.1, 0.15) is 55.4 Å². The first-order chi connectivity index (χ1) is 6.77. The molecular weight excluding hydrogens is 198 g/mol. The fourth-order valence-electron chi connectivity index (χ4n) is 0.333. The first-order valence-electron chi connectivity index (χ1n) is 5.93. The molecule has 0 atom stereocenters. The zero-order valence-corrected chi connectivity index (χ0v) is 11.6. The molecule has 0 aromatic carbocycles. The molecule has 0 heterocycles. The highest BCUT2D eigenvalue weighted by Gasteiger charge is 1.85. The molecule has 0 aromatic rings. The van der Waals surface area contributed by atoms with E-state index in [1.807, 2.05) is 13.8 Å². The van der Waals surface area contributed by atoms with Gasteiger partial charge in [-0.05, 0) is 37.4 Å². The molecule has 104 valence electrons. The Morgan fingerprint density at radius 3 is 1.06 bits per heavy atom. The molecular formula is C13H37N3. The van der Waals surface area contributed by atoms with Crippen LogP contribution in [0.5, 0.6) is 0 Å². The number of nitrogens with two attached hydrogens (primary N) is 3. The fraction of sp³-hybridized carbons (Fsp3) is 1.00. The molecule has 0 saturated carbocycles. The van der Waals surface area contributed by atoms with Gasteiger partial charge in [-0.2, -0.15) is 0 Å². The van der Waals surface area contributed by atoms with Crippen molar-refractivity contribution in [3.8, 4) is 0 Å². The normalized spacial score (nSPS) is 9.00. The molecule has 0 rings (SSSR count). The lowest BCUT2D eigenvalue weighted by molar-refractivity contribution is 0.596. The van der Waals surface area contributed by atoms with Gasteiger partial charge < -0.3 is 17.2 Å². The molecule has 3 heteroatoms. The summed E-state index contributed by atoms with van der Waals surface area (Å²) in [7, 11) is 0. The first kappa shape index (κ1) is 24.9. The van der Waals surface area contributed by atoms with Gasteiger partial charge in [-0.3, -0.25) is 0 Å². The van der Waals surface area contributed by atoms with Crippen LogP contribution in [0.3, 0.4) is 0 Å². The highest BCUT2D eigenvalue weighted by Crippen LogP contribution is 1.93. The molecule has 0 aliphatic carbocycles. The van der Waals surface area contributed by atoms with Crippen molar-refractivity contribution in [2.45, 2.75) is 61.4 Å². The molecule has 6 N–H and O–H groups in total.